The van der Waals surface area contributed by atoms with Crippen LogP contribution in [-0.2, 0) is 4.74 Å². The zero-order valence-corrected chi connectivity index (χ0v) is 9.70. The van der Waals surface area contributed by atoms with Gasteiger partial charge in [0.15, 0.2) is 0 Å². The summed E-state index contributed by atoms with van der Waals surface area (Å²) in [5.74, 6) is 0.708. The van der Waals surface area contributed by atoms with Crippen LogP contribution in [0.3, 0.4) is 0 Å². The molecule has 0 unspecified atom stereocenters. The first kappa shape index (κ1) is 12.0. The van der Waals surface area contributed by atoms with Crippen molar-refractivity contribution in [3.05, 3.63) is 0 Å². The molecule has 1 atom stereocenters. The molecule has 0 radical (unpaired) electrons. The van der Waals surface area contributed by atoms with Crippen molar-refractivity contribution in [3.63, 3.8) is 0 Å². The van der Waals surface area contributed by atoms with Crippen molar-refractivity contribution in [3.8, 4) is 0 Å². The monoisotopic (exact) mass is 200 g/mol. The number of hydrogen-bond donors (Lipinski definition) is 1. The van der Waals surface area contributed by atoms with Gasteiger partial charge in [-0.25, -0.2) is 0 Å². The van der Waals surface area contributed by atoms with E-state index in [0.717, 1.165) is 32.1 Å². The van der Waals surface area contributed by atoms with E-state index in [2.05, 4.69) is 20.8 Å². The summed E-state index contributed by atoms with van der Waals surface area (Å²) in [5.41, 5.74) is 0. The van der Waals surface area contributed by atoms with Crippen LogP contribution in [0, 0.1) is 5.92 Å². The Hall–Kier alpha value is -0.0800. The number of aliphatic hydroxyl groups is 1. The van der Waals surface area contributed by atoms with Crippen molar-refractivity contribution in [2.45, 2.75) is 71.2 Å². The molecule has 0 saturated heterocycles. The standard InChI is InChI=1S/C12H24O2/c1-9(2)8-10(3)14-12-6-4-11(13)5-7-12/h9-13H,4-8H2,1-3H3/t10-,11?,12?/m1/s1. The van der Waals surface area contributed by atoms with Crippen LogP contribution in [0.25, 0.3) is 0 Å². The van der Waals surface area contributed by atoms with E-state index >= 15 is 0 Å². The molecule has 1 saturated carbocycles. The lowest BCUT2D eigenvalue weighted by atomic mass is 9.95. The largest absolute Gasteiger partial charge is 0.393 e. The lowest BCUT2D eigenvalue weighted by Crippen LogP contribution is -2.28. The summed E-state index contributed by atoms with van der Waals surface area (Å²) < 4.78 is 5.94. The van der Waals surface area contributed by atoms with E-state index in [1.54, 1.807) is 0 Å². The minimum Gasteiger partial charge on any atom is -0.393 e. The van der Waals surface area contributed by atoms with Crippen molar-refractivity contribution in [1.82, 2.24) is 0 Å². The van der Waals surface area contributed by atoms with Gasteiger partial charge in [0.05, 0.1) is 18.3 Å². The van der Waals surface area contributed by atoms with Crippen LogP contribution in [0.1, 0.15) is 52.9 Å². The van der Waals surface area contributed by atoms with E-state index in [1.807, 2.05) is 0 Å². The second-order valence-electron chi connectivity index (χ2n) is 5.01. The molecule has 0 spiro atoms. The summed E-state index contributed by atoms with van der Waals surface area (Å²) in [5, 5.41) is 9.35. The van der Waals surface area contributed by atoms with E-state index in [0.29, 0.717) is 18.1 Å². The first-order chi connectivity index (χ1) is 6.58. The molecule has 2 nitrogen and oxygen atoms in total. The van der Waals surface area contributed by atoms with Gasteiger partial charge in [0.2, 0.25) is 0 Å². The van der Waals surface area contributed by atoms with E-state index in [1.165, 1.54) is 0 Å². The summed E-state index contributed by atoms with van der Waals surface area (Å²) in [7, 11) is 0. The maximum Gasteiger partial charge on any atom is 0.0580 e. The predicted molar refractivity (Wildman–Crippen MR) is 58.3 cm³/mol. The Balaban J connectivity index is 2.17. The molecule has 1 aliphatic rings. The fraction of sp³-hybridized carbons (Fsp3) is 1.00. The highest BCUT2D eigenvalue weighted by atomic mass is 16.5. The molecule has 1 rings (SSSR count). The summed E-state index contributed by atoms with van der Waals surface area (Å²) in [4.78, 5) is 0. The fourth-order valence-corrected chi connectivity index (χ4v) is 2.23. The quantitative estimate of drug-likeness (QED) is 0.756. The van der Waals surface area contributed by atoms with Crippen molar-refractivity contribution in [2.75, 3.05) is 0 Å². The summed E-state index contributed by atoms with van der Waals surface area (Å²) in [6, 6.07) is 0. The molecule has 1 N–H and O–H groups in total. The van der Waals surface area contributed by atoms with Crippen LogP contribution in [0.2, 0.25) is 0 Å². The minimum absolute atomic E-state index is 0.0738. The molecule has 0 heterocycles. The highest BCUT2D eigenvalue weighted by Crippen LogP contribution is 2.23. The van der Waals surface area contributed by atoms with Crippen LogP contribution in [-0.4, -0.2) is 23.4 Å². The van der Waals surface area contributed by atoms with Crippen molar-refractivity contribution in [1.29, 1.82) is 0 Å². The third-order valence-electron chi connectivity index (χ3n) is 2.87. The van der Waals surface area contributed by atoms with E-state index < -0.39 is 0 Å². The van der Waals surface area contributed by atoms with Gasteiger partial charge >= 0.3 is 0 Å². The Kier molecular flexibility index (Phi) is 4.90. The third kappa shape index (κ3) is 4.43. The lowest BCUT2D eigenvalue weighted by molar-refractivity contribution is -0.0470. The third-order valence-corrected chi connectivity index (χ3v) is 2.87. The average molecular weight is 200 g/mol. The smallest absolute Gasteiger partial charge is 0.0580 e. The molecular formula is C12H24O2. The molecule has 0 aromatic carbocycles. The van der Waals surface area contributed by atoms with Crippen LogP contribution in [0.5, 0.6) is 0 Å². The average Bonchev–Trinajstić information content (AvgIpc) is 2.07. The van der Waals surface area contributed by atoms with Gasteiger partial charge in [0.25, 0.3) is 0 Å². The Morgan fingerprint density at radius 1 is 1.14 bits per heavy atom. The molecular weight excluding hydrogens is 176 g/mol. The molecule has 0 aliphatic heterocycles. The molecule has 0 aromatic rings. The second kappa shape index (κ2) is 5.72. The molecule has 0 aromatic heterocycles. The van der Waals surface area contributed by atoms with Gasteiger partial charge in [-0.15, -0.1) is 0 Å². The highest BCUT2D eigenvalue weighted by Gasteiger charge is 2.21. The van der Waals surface area contributed by atoms with Crippen LogP contribution >= 0.6 is 0 Å². The van der Waals surface area contributed by atoms with Crippen molar-refractivity contribution < 1.29 is 9.84 Å². The SMILES string of the molecule is CC(C)C[C@@H](C)OC1CCC(O)CC1. The van der Waals surface area contributed by atoms with Gasteiger partial charge in [0.1, 0.15) is 0 Å². The first-order valence-corrected chi connectivity index (χ1v) is 5.91. The van der Waals surface area contributed by atoms with Gasteiger partial charge in [-0.2, -0.15) is 0 Å². The summed E-state index contributed by atoms with van der Waals surface area (Å²) in [6.45, 7) is 6.61. The Bertz CT molecular complexity index is 148. The first-order valence-electron chi connectivity index (χ1n) is 5.91. The Morgan fingerprint density at radius 2 is 1.71 bits per heavy atom. The topological polar surface area (TPSA) is 29.5 Å². The minimum atomic E-state index is -0.0738. The molecule has 1 fully saturated rings. The predicted octanol–water partition coefficient (Wildman–Crippen LogP) is 2.74. The molecule has 2 heteroatoms. The number of aliphatic hydroxyl groups excluding tert-OH is 1. The molecule has 84 valence electrons. The molecule has 14 heavy (non-hydrogen) atoms. The molecule has 1 aliphatic carbocycles. The van der Waals surface area contributed by atoms with Gasteiger partial charge in [-0.3, -0.25) is 0 Å². The Labute approximate surface area is 87.7 Å². The zero-order valence-electron chi connectivity index (χ0n) is 9.70. The fourth-order valence-electron chi connectivity index (χ4n) is 2.23. The van der Waals surface area contributed by atoms with Crippen molar-refractivity contribution >= 4 is 0 Å². The van der Waals surface area contributed by atoms with Crippen LogP contribution in [0.15, 0.2) is 0 Å². The summed E-state index contributed by atoms with van der Waals surface area (Å²) >= 11 is 0. The second-order valence-corrected chi connectivity index (χ2v) is 5.01. The van der Waals surface area contributed by atoms with Crippen LogP contribution in [0.4, 0.5) is 0 Å². The van der Waals surface area contributed by atoms with Gasteiger partial charge in [-0.05, 0) is 44.9 Å². The van der Waals surface area contributed by atoms with Gasteiger partial charge in [0, 0.05) is 0 Å². The zero-order chi connectivity index (χ0) is 10.6. The van der Waals surface area contributed by atoms with Gasteiger partial charge in [-0.1, -0.05) is 13.8 Å². The van der Waals surface area contributed by atoms with Crippen LogP contribution < -0.4 is 0 Å². The van der Waals surface area contributed by atoms with E-state index in [4.69, 9.17) is 4.74 Å². The van der Waals surface area contributed by atoms with E-state index in [9.17, 15) is 5.11 Å². The normalized spacial score (nSPS) is 30.6. The summed E-state index contributed by atoms with van der Waals surface area (Å²) in [6.07, 6.45) is 5.72. The number of ether oxygens (including phenoxy) is 1. The van der Waals surface area contributed by atoms with Gasteiger partial charge < -0.3 is 9.84 Å². The maximum atomic E-state index is 9.35. The van der Waals surface area contributed by atoms with Crippen molar-refractivity contribution in [2.24, 2.45) is 5.92 Å². The lowest BCUT2D eigenvalue weighted by Gasteiger charge is -2.28. The number of rotatable bonds is 4. The highest BCUT2D eigenvalue weighted by molar-refractivity contribution is 4.72. The molecule has 0 bridgehead atoms. The Morgan fingerprint density at radius 3 is 2.21 bits per heavy atom. The number of hydrogen-bond acceptors (Lipinski definition) is 2. The molecule has 0 amide bonds. The van der Waals surface area contributed by atoms with E-state index in [-0.39, 0.29) is 6.10 Å². The maximum absolute atomic E-state index is 9.35.